The van der Waals surface area contributed by atoms with Gasteiger partial charge in [-0.3, -0.25) is 20.4 Å². The molecular weight excluding hydrogens is 424 g/mol. The summed E-state index contributed by atoms with van der Waals surface area (Å²) in [6.07, 6.45) is 0. The van der Waals surface area contributed by atoms with E-state index in [2.05, 4.69) is 26.8 Å². The second-order valence-corrected chi connectivity index (χ2v) is 6.73. The Morgan fingerprint density at radius 2 is 1.71 bits per heavy atom. The third kappa shape index (κ3) is 5.01. The first kappa shape index (κ1) is 19.7. The highest BCUT2D eigenvalue weighted by atomic mass is 79.9. The molecule has 0 aliphatic rings. The first-order valence-corrected chi connectivity index (χ1v) is 9.49. The molecule has 2 amide bonds. The van der Waals surface area contributed by atoms with Crippen LogP contribution in [0.25, 0.3) is 10.8 Å². The van der Waals surface area contributed by atoms with Gasteiger partial charge in [-0.1, -0.05) is 30.3 Å². The van der Waals surface area contributed by atoms with E-state index in [-0.39, 0.29) is 6.61 Å². The minimum atomic E-state index is -0.466. The molecule has 144 valence electrons. The summed E-state index contributed by atoms with van der Waals surface area (Å²) in [6.45, 7) is 2.19. The van der Waals surface area contributed by atoms with Gasteiger partial charge in [-0.05, 0) is 64.0 Å². The van der Waals surface area contributed by atoms with Gasteiger partial charge < -0.3 is 9.47 Å². The molecule has 0 saturated heterocycles. The van der Waals surface area contributed by atoms with E-state index in [0.29, 0.717) is 28.1 Å². The summed E-state index contributed by atoms with van der Waals surface area (Å²) in [6, 6.07) is 18.4. The van der Waals surface area contributed by atoms with Crippen molar-refractivity contribution in [3.8, 4) is 11.5 Å². The zero-order valence-electron chi connectivity index (χ0n) is 15.2. The van der Waals surface area contributed by atoms with Crippen LogP contribution in [0.3, 0.4) is 0 Å². The van der Waals surface area contributed by atoms with Gasteiger partial charge in [0.1, 0.15) is 11.5 Å². The molecule has 0 aromatic heterocycles. The summed E-state index contributed by atoms with van der Waals surface area (Å²) in [5, 5.41) is 2.11. The third-order valence-electron chi connectivity index (χ3n) is 3.90. The predicted molar refractivity (Wildman–Crippen MR) is 110 cm³/mol. The van der Waals surface area contributed by atoms with Crippen LogP contribution in [0.5, 0.6) is 11.5 Å². The van der Waals surface area contributed by atoms with Crippen LogP contribution in [-0.4, -0.2) is 25.0 Å². The van der Waals surface area contributed by atoms with Crippen LogP contribution in [0.1, 0.15) is 17.3 Å². The van der Waals surface area contributed by atoms with Crippen molar-refractivity contribution in [2.75, 3.05) is 13.2 Å². The largest absolute Gasteiger partial charge is 0.493 e. The van der Waals surface area contributed by atoms with Gasteiger partial charge in [-0.25, -0.2) is 0 Å². The maximum absolute atomic E-state index is 12.2. The molecule has 6 nitrogen and oxygen atoms in total. The standard InChI is InChI=1S/C21H19BrN2O4/c1-2-27-19-10-8-16(12-18(19)22)21(26)24-23-20(25)13-28-17-9-7-14-5-3-4-6-15(14)11-17/h3-12H,2,13H2,1H3,(H,23,25)(H,24,26). The van der Waals surface area contributed by atoms with Crippen LogP contribution >= 0.6 is 15.9 Å². The van der Waals surface area contributed by atoms with E-state index in [4.69, 9.17) is 9.47 Å². The molecule has 0 radical (unpaired) electrons. The van der Waals surface area contributed by atoms with E-state index in [1.54, 1.807) is 24.3 Å². The molecule has 0 aliphatic carbocycles. The van der Waals surface area contributed by atoms with E-state index in [9.17, 15) is 9.59 Å². The Bertz CT molecular complexity index is 1010. The van der Waals surface area contributed by atoms with Crippen molar-refractivity contribution in [1.82, 2.24) is 10.9 Å². The van der Waals surface area contributed by atoms with Crippen LogP contribution in [0.4, 0.5) is 0 Å². The average molecular weight is 443 g/mol. The summed E-state index contributed by atoms with van der Waals surface area (Å²) in [7, 11) is 0. The van der Waals surface area contributed by atoms with Crippen molar-refractivity contribution in [3.63, 3.8) is 0 Å². The molecule has 0 heterocycles. The van der Waals surface area contributed by atoms with E-state index in [0.717, 1.165) is 10.8 Å². The topological polar surface area (TPSA) is 76.7 Å². The predicted octanol–water partition coefficient (Wildman–Crippen LogP) is 3.84. The van der Waals surface area contributed by atoms with E-state index in [1.165, 1.54) is 0 Å². The maximum Gasteiger partial charge on any atom is 0.276 e. The third-order valence-corrected chi connectivity index (χ3v) is 4.52. The summed E-state index contributed by atoms with van der Waals surface area (Å²) < 4.78 is 11.6. The minimum absolute atomic E-state index is 0.217. The molecule has 0 saturated carbocycles. The van der Waals surface area contributed by atoms with Crippen molar-refractivity contribution in [3.05, 3.63) is 70.7 Å². The fraction of sp³-hybridized carbons (Fsp3) is 0.143. The van der Waals surface area contributed by atoms with Crippen LogP contribution < -0.4 is 20.3 Å². The molecular formula is C21H19BrN2O4. The van der Waals surface area contributed by atoms with Gasteiger partial charge in [0.05, 0.1) is 11.1 Å². The van der Waals surface area contributed by atoms with Crippen molar-refractivity contribution >= 4 is 38.5 Å². The lowest BCUT2D eigenvalue weighted by Gasteiger charge is -2.11. The van der Waals surface area contributed by atoms with Gasteiger partial charge in [-0.15, -0.1) is 0 Å². The van der Waals surface area contributed by atoms with Gasteiger partial charge >= 0.3 is 0 Å². The number of hydrogen-bond acceptors (Lipinski definition) is 4. The molecule has 0 unspecified atom stereocenters. The first-order chi connectivity index (χ1) is 13.6. The molecule has 0 fully saturated rings. The average Bonchev–Trinajstić information content (AvgIpc) is 2.72. The second-order valence-electron chi connectivity index (χ2n) is 5.88. The molecule has 2 N–H and O–H groups in total. The van der Waals surface area contributed by atoms with E-state index in [1.807, 2.05) is 43.3 Å². The van der Waals surface area contributed by atoms with Gasteiger partial charge in [0.15, 0.2) is 6.61 Å². The van der Waals surface area contributed by atoms with Gasteiger partial charge in [0, 0.05) is 5.56 Å². The first-order valence-electron chi connectivity index (χ1n) is 8.70. The molecule has 3 rings (SSSR count). The number of hydrogen-bond donors (Lipinski definition) is 2. The normalized spacial score (nSPS) is 10.4. The molecule has 7 heteroatoms. The van der Waals surface area contributed by atoms with Crippen LogP contribution in [0.2, 0.25) is 0 Å². The SMILES string of the molecule is CCOc1ccc(C(=O)NNC(=O)COc2ccc3ccccc3c2)cc1Br. The Balaban J connectivity index is 1.50. The number of fused-ring (bicyclic) bond motifs is 1. The second kappa shape index (κ2) is 9.23. The lowest BCUT2D eigenvalue weighted by Crippen LogP contribution is -2.43. The Hall–Kier alpha value is -3.06. The number of rotatable bonds is 6. The number of benzene rings is 3. The Morgan fingerprint density at radius 1 is 0.929 bits per heavy atom. The Labute approximate surface area is 170 Å². The highest BCUT2D eigenvalue weighted by Gasteiger charge is 2.11. The van der Waals surface area contributed by atoms with Crippen LogP contribution in [0, 0.1) is 0 Å². The molecule has 0 spiro atoms. The summed E-state index contributed by atoms with van der Waals surface area (Å²) >= 11 is 3.35. The lowest BCUT2D eigenvalue weighted by molar-refractivity contribution is -0.123. The molecule has 0 bridgehead atoms. The number of ether oxygens (including phenoxy) is 2. The number of nitrogens with one attached hydrogen (secondary N) is 2. The highest BCUT2D eigenvalue weighted by molar-refractivity contribution is 9.10. The quantitative estimate of drug-likeness (QED) is 0.568. The van der Waals surface area contributed by atoms with Crippen LogP contribution in [0.15, 0.2) is 65.1 Å². The van der Waals surface area contributed by atoms with Crippen molar-refractivity contribution in [1.29, 1.82) is 0 Å². The number of carbonyl (C=O) groups is 2. The fourth-order valence-electron chi connectivity index (χ4n) is 2.56. The summed E-state index contributed by atoms with van der Waals surface area (Å²) in [5.41, 5.74) is 5.08. The van der Waals surface area contributed by atoms with Crippen molar-refractivity contribution < 1.29 is 19.1 Å². The maximum atomic E-state index is 12.2. The Kier molecular flexibility index (Phi) is 6.49. The monoisotopic (exact) mass is 442 g/mol. The molecule has 3 aromatic carbocycles. The molecule has 0 atom stereocenters. The molecule has 28 heavy (non-hydrogen) atoms. The van der Waals surface area contributed by atoms with Gasteiger partial charge in [0.25, 0.3) is 11.8 Å². The zero-order chi connectivity index (χ0) is 19.9. The number of halogens is 1. The van der Waals surface area contributed by atoms with Crippen molar-refractivity contribution in [2.45, 2.75) is 6.92 Å². The minimum Gasteiger partial charge on any atom is -0.493 e. The van der Waals surface area contributed by atoms with E-state index < -0.39 is 11.8 Å². The Morgan fingerprint density at radius 3 is 2.46 bits per heavy atom. The van der Waals surface area contributed by atoms with Gasteiger partial charge in [-0.2, -0.15) is 0 Å². The summed E-state index contributed by atoms with van der Waals surface area (Å²) in [5.74, 6) is 0.316. The highest BCUT2D eigenvalue weighted by Crippen LogP contribution is 2.26. The van der Waals surface area contributed by atoms with Crippen molar-refractivity contribution in [2.24, 2.45) is 0 Å². The van der Waals surface area contributed by atoms with Crippen LogP contribution in [-0.2, 0) is 4.79 Å². The zero-order valence-corrected chi connectivity index (χ0v) is 16.8. The van der Waals surface area contributed by atoms with E-state index >= 15 is 0 Å². The lowest BCUT2D eigenvalue weighted by atomic mass is 10.1. The van der Waals surface area contributed by atoms with Gasteiger partial charge in [0.2, 0.25) is 0 Å². The molecule has 3 aromatic rings. The number of amides is 2. The molecule has 0 aliphatic heterocycles. The number of carbonyl (C=O) groups excluding carboxylic acids is 2. The smallest absolute Gasteiger partial charge is 0.276 e. The summed E-state index contributed by atoms with van der Waals surface area (Å²) in [4.78, 5) is 24.1. The fourth-order valence-corrected chi connectivity index (χ4v) is 3.05. The number of hydrazine groups is 1.